The first-order valence-corrected chi connectivity index (χ1v) is 10.8. The van der Waals surface area contributed by atoms with E-state index in [2.05, 4.69) is 16.0 Å². The number of H-pyrrole nitrogens is 1. The number of amides is 3. The minimum absolute atomic E-state index is 0.221. The van der Waals surface area contributed by atoms with Gasteiger partial charge in [-0.3, -0.25) is 14.7 Å². The first-order chi connectivity index (χ1) is 15.5. The van der Waals surface area contributed by atoms with Crippen LogP contribution in [0.4, 0.5) is 10.5 Å². The summed E-state index contributed by atoms with van der Waals surface area (Å²) in [6.45, 7) is 1.86. The van der Waals surface area contributed by atoms with Gasteiger partial charge in [0, 0.05) is 40.4 Å². The SMILES string of the molecule is Cc1cc(N2C(=O)[C@@H]3Cc4c([nH]c5ccccc45)[C@@H](c4cccnc4)N3C2=O)ccc1Cl. The van der Waals surface area contributed by atoms with E-state index in [1.54, 1.807) is 35.5 Å². The number of rotatable bonds is 2. The number of urea groups is 1. The Morgan fingerprint density at radius 3 is 2.72 bits per heavy atom. The van der Waals surface area contributed by atoms with E-state index in [1.807, 2.05) is 37.3 Å². The fraction of sp³-hybridized carbons (Fsp3) is 0.160. The van der Waals surface area contributed by atoms with Crippen LogP contribution >= 0.6 is 11.6 Å². The molecule has 0 unspecified atom stereocenters. The lowest BCUT2D eigenvalue weighted by atomic mass is 9.89. The Labute approximate surface area is 189 Å². The summed E-state index contributed by atoms with van der Waals surface area (Å²) in [5, 5.41) is 1.68. The summed E-state index contributed by atoms with van der Waals surface area (Å²) >= 11 is 6.18. The van der Waals surface area contributed by atoms with Crippen LogP contribution in [-0.4, -0.2) is 32.8 Å². The fourth-order valence-electron chi connectivity index (χ4n) is 4.96. The van der Waals surface area contributed by atoms with Gasteiger partial charge in [0.2, 0.25) is 0 Å². The largest absolute Gasteiger partial charge is 0.356 e. The number of benzene rings is 2. The number of fused-ring (bicyclic) bond motifs is 4. The molecule has 4 heterocycles. The number of aromatic amines is 1. The van der Waals surface area contributed by atoms with Crippen LogP contribution in [0, 0.1) is 6.92 Å². The van der Waals surface area contributed by atoms with Gasteiger partial charge in [0.25, 0.3) is 5.91 Å². The average Bonchev–Trinajstić information content (AvgIpc) is 3.30. The van der Waals surface area contributed by atoms with Crippen molar-refractivity contribution in [2.75, 3.05) is 4.90 Å². The van der Waals surface area contributed by atoms with Crippen LogP contribution < -0.4 is 4.90 Å². The second kappa shape index (κ2) is 6.93. The smallest absolute Gasteiger partial charge is 0.332 e. The highest BCUT2D eigenvalue weighted by Gasteiger charge is 2.53. The summed E-state index contributed by atoms with van der Waals surface area (Å²) in [7, 11) is 0. The van der Waals surface area contributed by atoms with Crippen molar-refractivity contribution >= 4 is 40.1 Å². The Hall–Kier alpha value is -3.64. The van der Waals surface area contributed by atoms with Gasteiger partial charge in [-0.1, -0.05) is 35.9 Å². The van der Waals surface area contributed by atoms with E-state index in [0.29, 0.717) is 17.1 Å². The zero-order valence-electron chi connectivity index (χ0n) is 17.2. The van der Waals surface area contributed by atoms with Gasteiger partial charge in [-0.15, -0.1) is 0 Å². The molecule has 0 spiro atoms. The maximum atomic E-state index is 13.7. The number of para-hydroxylation sites is 1. The third kappa shape index (κ3) is 2.63. The summed E-state index contributed by atoms with van der Waals surface area (Å²) < 4.78 is 0. The van der Waals surface area contributed by atoms with Crippen molar-refractivity contribution in [3.05, 3.63) is 94.4 Å². The summed E-state index contributed by atoms with van der Waals surface area (Å²) in [6.07, 6.45) is 3.93. The van der Waals surface area contributed by atoms with E-state index in [1.165, 1.54) is 4.90 Å². The van der Waals surface area contributed by atoms with Gasteiger partial charge < -0.3 is 4.98 Å². The van der Waals surface area contributed by atoms with Crippen LogP contribution in [0.1, 0.15) is 28.4 Å². The molecule has 2 atom stereocenters. The number of pyridine rings is 1. The predicted octanol–water partition coefficient (Wildman–Crippen LogP) is 5.01. The highest BCUT2D eigenvalue weighted by Crippen LogP contribution is 2.44. The quantitative estimate of drug-likeness (QED) is 0.444. The number of aryl methyl sites for hydroxylation is 1. The van der Waals surface area contributed by atoms with Crippen LogP contribution in [0.5, 0.6) is 0 Å². The highest BCUT2D eigenvalue weighted by molar-refractivity contribution is 6.31. The Morgan fingerprint density at radius 2 is 1.94 bits per heavy atom. The van der Waals surface area contributed by atoms with Gasteiger partial charge in [0.1, 0.15) is 12.1 Å². The van der Waals surface area contributed by atoms with Crippen LogP contribution in [0.2, 0.25) is 5.02 Å². The van der Waals surface area contributed by atoms with E-state index < -0.39 is 12.1 Å². The lowest BCUT2D eigenvalue weighted by Gasteiger charge is -2.35. The van der Waals surface area contributed by atoms with E-state index in [-0.39, 0.29) is 11.9 Å². The van der Waals surface area contributed by atoms with Crippen LogP contribution in [-0.2, 0) is 11.2 Å². The minimum atomic E-state index is -0.588. The van der Waals surface area contributed by atoms with Crippen LogP contribution in [0.3, 0.4) is 0 Å². The topological polar surface area (TPSA) is 69.3 Å². The van der Waals surface area contributed by atoms with E-state index in [4.69, 9.17) is 11.6 Å². The molecule has 1 fully saturated rings. The molecule has 1 N–H and O–H groups in total. The lowest BCUT2D eigenvalue weighted by molar-refractivity contribution is -0.120. The third-order valence-corrected chi connectivity index (χ3v) is 6.87. The maximum absolute atomic E-state index is 13.7. The van der Waals surface area contributed by atoms with Crippen molar-refractivity contribution in [1.82, 2.24) is 14.9 Å². The number of nitrogens with zero attached hydrogens (tertiary/aromatic N) is 3. The number of imide groups is 1. The van der Waals surface area contributed by atoms with Crippen molar-refractivity contribution in [2.45, 2.75) is 25.4 Å². The number of halogens is 1. The molecule has 0 saturated carbocycles. The number of aromatic nitrogens is 2. The Bertz CT molecular complexity index is 1400. The molecule has 158 valence electrons. The fourth-order valence-corrected chi connectivity index (χ4v) is 5.08. The van der Waals surface area contributed by atoms with Gasteiger partial charge in [0.15, 0.2) is 0 Å². The van der Waals surface area contributed by atoms with Crippen molar-refractivity contribution in [3.63, 3.8) is 0 Å². The molecule has 4 aromatic rings. The molecule has 6 rings (SSSR count). The highest BCUT2D eigenvalue weighted by atomic mass is 35.5. The monoisotopic (exact) mass is 442 g/mol. The molecular formula is C25H19ClN4O2. The number of hydrogen-bond acceptors (Lipinski definition) is 3. The molecule has 7 heteroatoms. The van der Waals surface area contributed by atoms with Crippen molar-refractivity contribution in [2.24, 2.45) is 0 Å². The van der Waals surface area contributed by atoms with Crippen LogP contribution in [0.25, 0.3) is 10.9 Å². The second-order valence-electron chi connectivity index (χ2n) is 8.27. The number of carbonyl (C=O) groups excluding carboxylic acids is 2. The Morgan fingerprint density at radius 1 is 1.09 bits per heavy atom. The number of hydrogen-bond donors (Lipinski definition) is 1. The Kier molecular flexibility index (Phi) is 4.13. The zero-order valence-corrected chi connectivity index (χ0v) is 18.0. The molecular weight excluding hydrogens is 424 g/mol. The first-order valence-electron chi connectivity index (χ1n) is 10.5. The lowest BCUT2D eigenvalue weighted by Crippen LogP contribution is -2.44. The molecule has 2 aromatic heterocycles. The molecule has 0 aliphatic carbocycles. The molecule has 2 aromatic carbocycles. The molecule has 0 radical (unpaired) electrons. The Balaban J connectivity index is 1.54. The summed E-state index contributed by atoms with van der Waals surface area (Å²) in [5.41, 5.74) is 5.22. The number of carbonyl (C=O) groups is 2. The molecule has 6 nitrogen and oxygen atoms in total. The van der Waals surface area contributed by atoms with Gasteiger partial charge in [-0.25, -0.2) is 9.69 Å². The standard InChI is InChI=1S/C25H19ClN4O2/c1-14-11-16(8-9-19(14)26)29-24(31)21-12-18-17-6-2-3-7-20(17)28-22(18)23(30(21)25(29)32)15-5-4-10-27-13-15/h2-11,13,21,23,28H,12H2,1H3/t21-,23+/m0/s1. The summed E-state index contributed by atoms with van der Waals surface area (Å²) in [6, 6.07) is 15.7. The minimum Gasteiger partial charge on any atom is -0.356 e. The van der Waals surface area contributed by atoms with E-state index in [9.17, 15) is 9.59 Å². The molecule has 0 bridgehead atoms. The first kappa shape index (κ1) is 19.1. The van der Waals surface area contributed by atoms with Crippen molar-refractivity contribution in [3.8, 4) is 0 Å². The second-order valence-corrected chi connectivity index (χ2v) is 8.68. The summed E-state index contributed by atoms with van der Waals surface area (Å²) in [5.74, 6) is -0.221. The van der Waals surface area contributed by atoms with E-state index in [0.717, 1.165) is 33.3 Å². The normalized spacial score (nSPS) is 20.1. The molecule has 2 aliphatic rings. The molecule has 32 heavy (non-hydrogen) atoms. The van der Waals surface area contributed by atoms with Crippen molar-refractivity contribution in [1.29, 1.82) is 0 Å². The molecule has 1 saturated heterocycles. The number of nitrogens with one attached hydrogen (secondary N) is 1. The van der Waals surface area contributed by atoms with Crippen LogP contribution in [0.15, 0.2) is 67.0 Å². The van der Waals surface area contributed by atoms with E-state index >= 15 is 0 Å². The average molecular weight is 443 g/mol. The van der Waals surface area contributed by atoms with Gasteiger partial charge in [-0.2, -0.15) is 0 Å². The molecule has 2 aliphatic heterocycles. The van der Waals surface area contributed by atoms with Gasteiger partial charge >= 0.3 is 6.03 Å². The van der Waals surface area contributed by atoms with Gasteiger partial charge in [-0.05, 0) is 53.9 Å². The summed E-state index contributed by atoms with van der Waals surface area (Å²) in [4.78, 5) is 38.1. The molecule has 3 amide bonds. The van der Waals surface area contributed by atoms with Gasteiger partial charge in [0.05, 0.1) is 5.69 Å². The third-order valence-electron chi connectivity index (χ3n) is 6.45. The maximum Gasteiger partial charge on any atom is 0.332 e. The van der Waals surface area contributed by atoms with Crippen molar-refractivity contribution < 1.29 is 9.59 Å². The number of anilines is 1. The predicted molar refractivity (Wildman–Crippen MR) is 123 cm³/mol. The zero-order chi connectivity index (χ0) is 22.0.